The Bertz CT molecular complexity index is 980. The van der Waals surface area contributed by atoms with Gasteiger partial charge in [0.2, 0.25) is 0 Å². The van der Waals surface area contributed by atoms with E-state index in [4.69, 9.17) is 26.2 Å². The van der Waals surface area contributed by atoms with Crippen LogP contribution < -0.4 is 10.1 Å². The average molecular weight is 524 g/mol. The summed E-state index contributed by atoms with van der Waals surface area (Å²) in [4.78, 5) is 10.1. The molecule has 6 N–H and O–H groups in total. The number of hydrogen-bond acceptors (Lipinski definition) is 8. The molecule has 2 saturated heterocycles. The van der Waals surface area contributed by atoms with Gasteiger partial charge in [-0.3, -0.25) is 4.79 Å². The second-order valence-corrected chi connectivity index (χ2v) is 9.25. The number of aliphatic carboxylic acids is 1. The second kappa shape index (κ2) is 13.3. The predicted octanol–water partition coefficient (Wildman–Crippen LogP) is 1.67. The molecule has 0 radical (unpaired) electrons. The summed E-state index contributed by atoms with van der Waals surface area (Å²) in [6.45, 7) is 2.93. The third-order valence-corrected chi connectivity index (χ3v) is 6.65. The van der Waals surface area contributed by atoms with Crippen LogP contribution in [0.15, 0.2) is 42.5 Å². The number of benzene rings is 2. The van der Waals surface area contributed by atoms with Crippen molar-refractivity contribution in [1.82, 2.24) is 5.32 Å². The topological polar surface area (TPSA) is 149 Å². The van der Waals surface area contributed by atoms with Crippen molar-refractivity contribution in [3.05, 3.63) is 64.2 Å². The lowest BCUT2D eigenvalue weighted by Gasteiger charge is -2.40. The van der Waals surface area contributed by atoms with Crippen LogP contribution in [0.4, 0.5) is 0 Å². The van der Waals surface area contributed by atoms with Crippen LogP contribution in [0.1, 0.15) is 42.6 Å². The average Bonchev–Trinajstić information content (AvgIpc) is 3.42. The zero-order valence-electron chi connectivity index (χ0n) is 20.1. The number of carboxylic acid groups (broad SMARTS) is 1. The molecule has 198 valence electrons. The van der Waals surface area contributed by atoms with Crippen molar-refractivity contribution < 1.29 is 39.8 Å². The van der Waals surface area contributed by atoms with E-state index >= 15 is 0 Å². The molecule has 2 fully saturated rings. The number of carboxylic acids is 1. The van der Waals surface area contributed by atoms with Gasteiger partial charge in [0.15, 0.2) is 0 Å². The normalized spacial score (nSPS) is 27.7. The summed E-state index contributed by atoms with van der Waals surface area (Å²) >= 11 is 6.35. The zero-order valence-corrected chi connectivity index (χ0v) is 20.8. The highest BCUT2D eigenvalue weighted by Gasteiger charge is 2.44. The van der Waals surface area contributed by atoms with E-state index in [0.29, 0.717) is 23.6 Å². The standard InChI is InChI=1S/C21H25ClO6.C5H9NO2/c1-2-27-15-6-3-12(4-7-15)9-14-10-13(5-8-16(14)22)21-20(26)19(25)18(24)17(11-23)28-21;7-5(8)4-2-1-3-6-4/h3-8,10,17-21,23-26H,2,9,11H2,1H3;4,6H,1-3H2,(H,7,8)/t17-,18-,19+,20-,21+;4-/m10/s1. The fourth-order valence-corrected chi connectivity index (χ4v) is 4.45. The number of aliphatic hydroxyl groups excluding tert-OH is 4. The van der Waals surface area contributed by atoms with Gasteiger partial charge in [0.25, 0.3) is 0 Å². The Labute approximate surface area is 215 Å². The molecular weight excluding hydrogens is 490 g/mol. The van der Waals surface area contributed by atoms with Crippen LogP contribution in [0, 0.1) is 0 Å². The highest BCUT2D eigenvalue weighted by atomic mass is 35.5. The van der Waals surface area contributed by atoms with Crippen molar-refractivity contribution in [2.75, 3.05) is 19.8 Å². The fraction of sp³-hybridized carbons (Fsp3) is 0.500. The maximum absolute atomic E-state index is 10.3. The van der Waals surface area contributed by atoms with Crippen LogP contribution in [-0.4, -0.2) is 81.7 Å². The van der Waals surface area contributed by atoms with Gasteiger partial charge in [-0.05, 0) is 67.6 Å². The number of rotatable bonds is 7. The van der Waals surface area contributed by atoms with Crippen molar-refractivity contribution in [2.45, 2.75) is 62.7 Å². The summed E-state index contributed by atoms with van der Waals surface area (Å²) in [5, 5.41) is 51.5. The smallest absolute Gasteiger partial charge is 0.320 e. The summed E-state index contributed by atoms with van der Waals surface area (Å²) in [6, 6.07) is 12.7. The molecule has 0 aromatic heterocycles. The Morgan fingerprint density at radius 3 is 2.39 bits per heavy atom. The lowest BCUT2D eigenvalue weighted by atomic mass is 9.90. The first kappa shape index (κ1) is 28.3. The van der Waals surface area contributed by atoms with Crippen LogP contribution >= 0.6 is 11.6 Å². The van der Waals surface area contributed by atoms with Crippen molar-refractivity contribution in [3.8, 4) is 5.75 Å². The predicted molar refractivity (Wildman–Crippen MR) is 133 cm³/mol. The molecule has 0 spiro atoms. The Hall–Kier alpha value is -2.24. The van der Waals surface area contributed by atoms with E-state index in [1.54, 1.807) is 12.1 Å². The maximum atomic E-state index is 10.3. The lowest BCUT2D eigenvalue weighted by molar-refractivity contribution is -0.231. The molecule has 2 aromatic carbocycles. The monoisotopic (exact) mass is 523 g/mol. The zero-order chi connectivity index (χ0) is 26.2. The van der Waals surface area contributed by atoms with Crippen LogP contribution in [0.5, 0.6) is 5.75 Å². The number of nitrogens with one attached hydrogen (secondary N) is 1. The third kappa shape index (κ3) is 7.17. The molecule has 0 saturated carbocycles. The van der Waals surface area contributed by atoms with Crippen molar-refractivity contribution >= 4 is 17.6 Å². The first-order valence-corrected chi connectivity index (χ1v) is 12.4. The Morgan fingerprint density at radius 1 is 1.11 bits per heavy atom. The summed E-state index contributed by atoms with van der Waals surface area (Å²) < 4.78 is 11.1. The fourth-order valence-electron chi connectivity index (χ4n) is 4.27. The van der Waals surface area contributed by atoms with E-state index in [1.807, 2.05) is 37.3 Å². The first-order valence-electron chi connectivity index (χ1n) is 12.0. The van der Waals surface area contributed by atoms with Gasteiger partial charge < -0.3 is 40.3 Å². The number of halogens is 1. The molecule has 10 heteroatoms. The largest absolute Gasteiger partial charge is 0.494 e. The summed E-state index contributed by atoms with van der Waals surface area (Å²) in [7, 11) is 0. The third-order valence-electron chi connectivity index (χ3n) is 6.28. The lowest BCUT2D eigenvalue weighted by Crippen LogP contribution is -2.55. The molecule has 36 heavy (non-hydrogen) atoms. The highest BCUT2D eigenvalue weighted by molar-refractivity contribution is 6.31. The van der Waals surface area contributed by atoms with Gasteiger partial charge >= 0.3 is 5.97 Å². The Kier molecular flexibility index (Phi) is 10.5. The summed E-state index contributed by atoms with van der Waals surface area (Å²) in [5.74, 6) is 0.0786. The summed E-state index contributed by atoms with van der Waals surface area (Å²) in [6.07, 6.45) is -3.60. The van der Waals surface area contributed by atoms with E-state index < -0.39 is 43.1 Å². The molecule has 0 bridgehead atoms. The van der Waals surface area contributed by atoms with Gasteiger partial charge in [0.05, 0.1) is 13.2 Å². The van der Waals surface area contributed by atoms with E-state index in [9.17, 15) is 25.2 Å². The van der Waals surface area contributed by atoms with Crippen LogP contribution in [0.2, 0.25) is 5.02 Å². The minimum absolute atomic E-state index is 0.269. The minimum atomic E-state index is -1.42. The molecule has 4 rings (SSSR count). The number of hydrogen-bond donors (Lipinski definition) is 6. The van der Waals surface area contributed by atoms with Crippen LogP contribution in [0.3, 0.4) is 0 Å². The van der Waals surface area contributed by atoms with Gasteiger partial charge in [-0.15, -0.1) is 0 Å². The SMILES string of the molecule is CCOc1ccc(Cc2cc([C@@H]3O[C@H](CO)[C@@H](O)[C@H](O)[C@H]3O)ccc2Cl)cc1.O=C(O)[C@@H]1CCCN1. The Balaban J connectivity index is 0.000000383. The van der Waals surface area contributed by atoms with Gasteiger partial charge in [-0.2, -0.15) is 0 Å². The quantitative estimate of drug-likeness (QED) is 0.318. The number of aliphatic hydroxyl groups is 4. The molecule has 2 heterocycles. The number of ether oxygens (including phenoxy) is 2. The molecule has 0 amide bonds. The van der Waals surface area contributed by atoms with Crippen LogP contribution in [-0.2, 0) is 16.0 Å². The molecule has 9 nitrogen and oxygen atoms in total. The summed E-state index contributed by atoms with van der Waals surface area (Å²) in [5.41, 5.74) is 2.49. The van der Waals surface area contributed by atoms with Crippen molar-refractivity contribution in [3.63, 3.8) is 0 Å². The molecule has 2 aliphatic rings. The highest BCUT2D eigenvalue weighted by Crippen LogP contribution is 2.34. The van der Waals surface area contributed by atoms with E-state index in [-0.39, 0.29) is 6.04 Å². The molecule has 2 aliphatic heterocycles. The van der Waals surface area contributed by atoms with Gasteiger partial charge in [-0.1, -0.05) is 35.9 Å². The van der Waals surface area contributed by atoms with E-state index in [2.05, 4.69) is 5.32 Å². The van der Waals surface area contributed by atoms with Crippen molar-refractivity contribution in [2.24, 2.45) is 0 Å². The van der Waals surface area contributed by atoms with Crippen LogP contribution in [0.25, 0.3) is 0 Å². The molecule has 0 unspecified atom stereocenters. The molecular formula is C26H34ClNO8. The Morgan fingerprint density at radius 2 is 1.83 bits per heavy atom. The number of carbonyl (C=O) groups is 1. The van der Waals surface area contributed by atoms with E-state index in [1.165, 1.54) is 0 Å². The molecule has 0 aliphatic carbocycles. The minimum Gasteiger partial charge on any atom is -0.494 e. The molecule has 2 aromatic rings. The van der Waals surface area contributed by atoms with Gasteiger partial charge in [0, 0.05) is 5.02 Å². The molecule has 6 atom stereocenters. The maximum Gasteiger partial charge on any atom is 0.320 e. The van der Waals surface area contributed by atoms with Crippen molar-refractivity contribution in [1.29, 1.82) is 0 Å². The van der Waals surface area contributed by atoms with Gasteiger partial charge in [0.1, 0.15) is 42.3 Å². The first-order chi connectivity index (χ1) is 17.2. The van der Waals surface area contributed by atoms with E-state index in [0.717, 1.165) is 36.3 Å². The second-order valence-electron chi connectivity index (χ2n) is 8.84. The van der Waals surface area contributed by atoms with Gasteiger partial charge in [-0.25, -0.2) is 0 Å².